The van der Waals surface area contributed by atoms with Crippen LogP contribution in [0, 0.1) is 5.92 Å². The highest BCUT2D eigenvalue weighted by Crippen LogP contribution is 2.38. The minimum absolute atomic E-state index is 0.625. The quantitative estimate of drug-likeness (QED) is 0.841. The van der Waals surface area contributed by atoms with Gasteiger partial charge >= 0.3 is 0 Å². The van der Waals surface area contributed by atoms with Crippen molar-refractivity contribution in [3.8, 4) is 5.88 Å². The second-order valence-corrected chi connectivity index (χ2v) is 5.98. The number of hydrogen-bond acceptors (Lipinski definition) is 4. The third kappa shape index (κ3) is 2.09. The number of halogens is 1. The number of anilines is 1. The predicted octanol–water partition coefficient (Wildman–Crippen LogP) is 3.02. The van der Waals surface area contributed by atoms with Crippen LogP contribution in [0.3, 0.4) is 0 Å². The second-order valence-electron chi connectivity index (χ2n) is 5.12. The van der Waals surface area contributed by atoms with Crippen LogP contribution in [0.25, 0.3) is 0 Å². The average Bonchev–Trinajstić information content (AvgIpc) is 2.87. The summed E-state index contributed by atoms with van der Waals surface area (Å²) in [6.07, 6.45) is 8.41. The van der Waals surface area contributed by atoms with Gasteiger partial charge < -0.3 is 9.64 Å². The van der Waals surface area contributed by atoms with Crippen molar-refractivity contribution < 1.29 is 4.74 Å². The molecule has 0 radical (unpaired) electrons. The summed E-state index contributed by atoms with van der Waals surface area (Å²) >= 11 is 3.40. The molecule has 98 valence electrons. The van der Waals surface area contributed by atoms with Crippen molar-refractivity contribution in [2.45, 2.75) is 38.1 Å². The Morgan fingerprint density at radius 3 is 3.00 bits per heavy atom. The van der Waals surface area contributed by atoms with Crippen LogP contribution in [0.5, 0.6) is 5.88 Å². The smallest absolute Gasteiger partial charge is 0.232 e. The first-order valence-corrected chi connectivity index (χ1v) is 7.42. The van der Waals surface area contributed by atoms with E-state index in [1.54, 1.807) is 13.3 Å². The van der Waals surface area contributed by atoms with Gasteiger partial charge in [-0.05, 0) is 47.5 Å². The van der Waals surface area contributed by atoms with Crippen molar-refractivity contribution in [1.29, 1.82) is 0 Å². The fraction of sp³-hybridized carbons (Fsp3) is 0.692. The number of hydrogen-bond donors (Lipinski definition) is 0. The van der Waals surface area contributed by atoms with E-state index in [1.807, 2.05) is 0 Å². The van der Waals surface area contributed by atoms with E-state index in [4.69, 9.17) is 4.74 Å². The molecule has 0 amide bonds. The number of ether oxygens (including phenoxy) is 1. The number of aromatic nitrogens is 2. The fourth-order valence-electron chi connectivity index (χ4n) is 3.33. The van der Waals surface area contributed by atoms with Crippen LogP contribution in [0.2, 0.25) is 0 Å². The first kappa shape index (κ1) is 12.2. The van der Waals surface area contributed by atoms with Crippen LogP contribution in [0.15, 0.2) is 10.7 Å². The van der Waals surface area contributed by atoms with Crippen LogP contribution in [-0.4, -0.2) is 29.7 Å². The van der Waals surface area contributed by atoms with Crippen LogP contribution >= 0.6 is 15.9 Å². The molecule has 2 heterocycles. The summed E-state index contributed by atoms with van der Waals surface area (Å²) in [5.74, 6) is 2.30. The molecule has 1 aromatic heterocycles. The molecule has 2 unspecified atom stereocenters. The molecule has 1 aliphatic carbocycles. The maximum Gasteiger partial charge on any atom is 0.232 e. The lowest BCUT2D eigenvalue weighted by Gasteiger charge is -2.37. The zero-order chi connectivity index (χ0) is 12.5. The highest BCUT2D eigenvalue weighted by Gasteiger charge is 2.36. The van der Waals surface area contributed by atoms with Crippen molar-refractivity contribution in [1.82, 2.24) is 9.97 Å². The number of nitrogens with zero attached hydrogens (tertiary/aromatic N) is 3. The summed E-state index contributed by atoms with van der Waals surface area (Å²) in [5, 5.41) is 0. The molecule has 1 saturated carbocycles. The van der Waals surface area contributed by atoms with Crippen molar-refractivity contribution in [3.05, 3.63) is 10.7 Å². The molecule has 2 atom stereocenters. The summed E-state index contributed by atoms with van der Waals surface area (Å²) in [6.45, 7) is 1.08. The molecule has 18 heavy (non-hydrogen) atoms. The third-order valence-corrected chi connectivity index (χ3v) is 4.69. The lowest BCUT2D eigenvalue weighted by molar-refractivity contribution is 0.354. The third-order valence-electron chi connectivity index (χ3n) is 4.14. The topological polar surface area (TPSA) is 38.2 Å². The van der Waals surface area contributed by atoms with E-state index in [9.17, 15) is 0 Å². The molecule has 1 aliphatic heterocycles. The summed E-state index contributed by atoms with van der Waals surface area (Å²) in [6, 6.07) is 0.643. The lowest BCUT2D eigenvalue weighted by atomic mass is 9.92. The van der Waals surface area contributed by atoms with E-state index in [0.717, 1.165) is 22.9 Å². The Hall–Kier alpha value is -0.840. The first-order valence-electron chi connectivity index (χ1n) is 6.63. The van der Waals surface area contributed by atoms with Gasteiger partial charge in [0, 0.05) is 12.6 Å². The SMILES string of the molecule is COc1nc(N2CCCC3CCCC32)ncc1Br. The van der Waals surface area contributed by atoms with Crippen LogP contribution in [-0.2, 0) is 0 Å². The van der Waals surface area contributed by atoms with Crippen molar-refractivity contribution in [2.75, 3.05) is 18.6 Å². The molecule has 3 rings (SSSR count). The van der Waals surface area contributed by atoms with Crippen molar-refractivity contribution in [2.24, 2.45) is 5.92 Å². The second kappa shape index (κ2) is 5.03. The van der Waals surface area contributed by atoms with Crippen LogP contribution in [0.1, 0.15) is 32.1 Å². The van der Waals surface area contributed by atoms with E-state index < -0.39 is 0 Å². The Morgan fingerprint density at radius 1 is 1.33 bits per heavy atom. The number of rotatable bonds is 2. The molecule has 5 heteroatoms. The van der Waals surface area contributed by atoms with E-state index in [2.05, 4.69) is 30.8 Å². The highest BCUT2D eigenvalue weighted by atomic mass is 79.9. The fourth-order valence-corrected chi connectivity index (χ4v) is 3.68. The molecule has 1 aromatic rings. The Balaban J connectivity index is 1.89. The monoisotopic (exact) mass is 311 g/mol. The van der Waals surface area contributed by atoms with Gasteiger partial charge in [-0.2, -0.15) is 4.98 Å². The molecule has 2 fully saturated rings. The van der Waals surface area contributed by atoms with Gasteiger partial charge in [0.25, 0.3) is 0 Å². The summed E-state index contributed by atoms with van der Waals surface area (Å²) in [4.78, 5) is 11.4. The Labute approximate surface area is 116 Å². The van der Waals surface area contributed by atoms with Gasteiger partial charge in [-0.15, -0.1) is 0 Å². The normalized spacial score (nSPS) is 27.1. The van der Waals surface area contributed by atoms with Crippen molar-refractivity contribution >= 4 is 21.9 Å². The average molecular weight is 312 g/mol. The maximum atomic E-state index is 5.26. The van der Waals surface area contributed by atoms with Crippen molar-refractivity contribution in [3.63, 3.8) is 0 Å². The van der Waals surface area contributed by atoms with Crippen LogP contribution in [0.4, 0.5) is 5.95 Å². The Kier molecular flexibility index (Phi) is 3.41. The highest BCUT2D eigenvalue weighted by molar-refractivity contribution is 9.10. The van der Waals surface area contributed by atoms with Gasteiger partial charge in [0.15, 0.2) is 0 Å². The van der Waals surface area contributed by atoms with E-state index >= 15 is 0 Å². The minimum Gasteiger partial charge on any atom is -0.480 e. The molecule has 0 N–H and O–H groups in total. The Bertz CT molecular complexity index is 440. The van der Waals surface area contributed by atoms with E-state index in [0.29, 0.717) is 11.9 Å². The minimum atomic E-state index is 0.625. The Morgan fingerprint density at radius 2 is 2.17 bits per heavy atom. The molecule has 1 saturated heterocycles. The van der Waals surface area contributed by atoms with Crippen LogP contribution < -0.4 is 9.64 Å². The molecule has 0 aromatic carbocycles. The molecule has 4 nitrogen and oxygen atoms in total. The maximum absolute atomic E-state index is 5.26. The standard InChI is InChI=1S/C13H18BrN3O/c1-18-12-10(14)8-15-13(16-12)17-7-3-5-9-4-2-6-11(9)17/h8-9,11H,2-7H2,1H3. The summed E-state index contributed by atoms with van der Waals surface area (Å²) in [5.41, 5.74) is 0. The zero-order valence-electron chi connectivity index (χ0n) is 10.6. The molecular formula is C13H18BrN3O. The largest absolute Gasteiger partial charge is 0.480 e. The lowest BCUT2D eigenvalue weighted by Crippen LogP contribution is -2.43. The van der Waals surface area contributed by atoms with Gasteiger partial charge in [-0.1, -0.05) is 6.42 Å². The molecule has 2 aliphatic rings. The summed E-state index contributed by atoms with van der Waals surface area (Å²) in [7, 11) is 1.64. The van der Waals surface area contributed by atoms with Gasteiger partial charge in [0.2, 0.25) is 11.8 Å². The molecule has 0 bridgehead atoms. The molecule has 0 spiro atoms. The number of fused-ring (bicyclic) bond motifs is 1. The summed E-state index contributed by atoms with van der Waals surface area (Å²) < 4.78 is 6.08. The van der Waals surface area contributed by atoms with Gasteiger partial charge in [0.05, 0.1) is 17.8 Å². The number of piperidine rings is 1. The van der Waals surface area contributed by atoms with E-state index in [1.165, 1.54) is 32.1 Å². The van der Waals surface area contributed by atoms with Gasteiger partial charge in [-0.3, -0.25) is 0 Å². The number of methoxy groups -OCH3 is 1. The van der Waals surface area contributed by atoms with Gasteiger partial charge in [-0.25, -0.2) is 4.98 Å². The first-order chi connectivity index (χ1) is 8.79. The van der Waals surface area contributed by atoms with E-state index in [-0.39, 0.29) is 0 Å². The van der Waals surface area contributed by atoms with Gasteiger partial charge in [0.1, 0.15) is 0 Å². The predicted molar refractivity (Wildman–Crippen MR) is 74.0 cm³/mol. The zero-order valence-corrected chi connectivity index (χ0v) is 12.2. The molecular weight excluding hydrogens is 294 g/mol.